The number of benzene rings is 2. The number of nitrogens with one attached hydrogen (secondary N) is 1. The lowest BCUT2D eigenvalue weighted by Crippen LogP contribution is -2.26. The molecule has 4 nitrogen and oxygen atoms in total. The van der Waals surface area contributed by atoms with Crippen LogP contribution in [0.2, 0.25) is 0 Å². The first-order valence-electron chi connectivity index (χ1n) is 7.87. The van der Waals surface area contributed by atoms with E-state index < -0.39 is 0 Å². The molecule has 0 aliphatic heterocycles. The van der Waals surface area contributed by atoms with E-state index in [4.69, 9.17) is 10.5 Å². The number of para-hydroxylation sites is 2. The Balaban J connectivity index is 1.83. The zero-order chi connectivity index (χ0) is 16.7. The molecule has 4 heteroatoms. The number of hydrogen-bond acceptors (Lipinski definition) is 3. The second-order valence-corrected chi connectivity index (χ2v) is 5.69. The van der Waals surface area contributed by atoms with Gasteiger partial charge in [-0.05, 0) is 44.0 Å². The molecule has 0 radical (unpaired) electrons. The van der Waals surface area contributed by atoms with Crippen LogP contribution in [0.5, 0.6) is 5.75 Å². The Kier molecular flexibility index (Phi) is 6.03. The van der Waals surface area contributed by atoms with E-state index in [-0.39, 0.29) is 6.10 Å². The first kappa shape index (κ1) is 16.9. The summed E-state index contributed by atoms with van der Waals surface area (Å²) in [5.74, 6) is 1.43. The Hall–Kier alpha value is -2.49. The predicted octanol–water partition coefficient (Wildman–Crippen LogP) is 3.54. The molecule has 23 heavy (non-hydrogen) atoms. The Labute approximate surface area is 138 Å². The van der Waals surface area contributed by atoms with E-state index in [1.54, 1.807) is 0 Å². The van der Waals surface area contributed by atoms with Gasteiger partial charge in [-0.1, -0.05) is 36.4 Å². The summed E-state index contributed by atoms with van der Waals surface area (Å²) >= 11 is 0. The quantitative estimate of drug-likeness (QED) is 0.607. The van der Waals surface area contributed by atoms with Crippen LogP contribution in [0.15, 0.2) is 53.5 Å². The molecule has 0 aliphatic carbocycles. The van der Waals surface area contributed by atoms with Crippen LogP contribution in [0.25, 0.3) is 0 Å². The Morgan fingerprint density at radius 3 is 2.39 bits per heavy atom. The SMILES string of the molecule is Cc1cccc(C)c1NCC(N)=NCC(C)Oc1ccccc1. The zero-order valence-electron chi connectivity index (χ0n) is 14.0. The van der Waals surface area contributed by atoms with Crippen LogP contribution in [-0.4, -0.2) is 25.0 Å². The highest BCUT2D eigenvalue weighted by Crippen LogP contribution is 2.18. The molecule has 0 saturated heterocycles. The van der Waals surface area contributed by atoms with Crippen LogP contribution in [0.4, 0.5) is 5.69 Å². The maximum atomic E-state index is 6.00. The van der Waals surface area contributed by atoms with Gasteiger partial charge in [0.15, 0.2) is 0 Å². The average molecular weight is 311 g/mol. The van der Waals surface area contributed by atoms with Crippen LogP contribution >= 0.6 is 0 Å². The van der Waals surface area contributed by atoms with Gasteiger partial charge < -0.3 is 15.8 Å². The van der Waals surface area contributed by atoms with Gasteiger partial charge in [-0.25, -0.2) is 0 Å². The molecule has 0 bridgehead atoms. The normalized spacial score (nSPS) is 12.7. The molecule has 0 fully saturated rings. The molecule has 1 atom stereocenters. The Bertz CT molecular complexity index is 633. The molecule has 0 saturated carbocycles. The number of ether oxygens (including phenoxy) is 1. The first-order valence-corrected chi connectivity index (χ1v) is 7.87. The van der Waals surface area contributed by atoms with E-state index in [1.165, 1.54) is 11.1 Å². The summed E-state index contributed by atoms with van der Waals surface area (Å²) < 4.78 is 5.78. The largest absolute Gasteiger partial charge is 0.489 e. The number of aryl methyl sites for hydroxylation is 2. The molecule has 122 valence electrons. The lowest BCUT2D eigenvalue weighted by Gasteiger charge is -2.14. The van der Waals surface area contributed by atoms with Crippen LogP contribution in [0.3, 0.4) is 0 Å². The van der Waals surface area contributed by atoms with Crippen LogP contribution in [0, 0.1) is 13.8 Å². The van der Waals surface area contributed by atoms with Crippen LogP contribution in [0.1, 0.15) is 18.1 Å². The number of aliphatic imine (C=N–C) groups is 1. The number of amidine groups is 1. The monoisotopic (exact) mass is 311 g/mol. The van der Waals surface area contributed by atoms with Crippen molar-refractivity contribution in [3.63, 3.8) is 0 Å². The second-order valence-electron chi connectivity index (χ2n) is 5.69. The molecule has 2 aromatic carbocycles. The zero-order valence-corrected chi connectivity index (χ0v) is 14.0. The van der Waals surface area contributed by atoms with Crippen LogP contribution < -0.4 is 15.8 Å². The summed E-state index contributed by atoms with van der Waals surface area (Å²) in [6.07, 6.45) is -0.0175. The fourth-order valence-corrected chi connectivity index (χ4v) is 2.34. The summed E-state index contributed by atoms with van der Waals surface area (Å²) in [4.78, 5) is 4.40. The molecule has 0 heterocycles. The fraction of sp³-hybridized carbons (Fsp3) is 0.316. The lowest BCUT2D eigenvalue weighted by molar-refractivity contribution is 0.230. The maximum Gasteiger partial charge on any atom is 0.119 e. The molecular weight excluding hydrogens is 286 g/mol. The predicted molar refractivity (Wildman–Crippen MR) is 97.4 cm³/mol. The third-order valence-corrected chi connectivity index (χ3v) is 3.56. The molecule has 0 aromatic heterocycles. The van der Waals surface area contributed by atoms with Gasteiger partial charge in [0, 0.05) is 5.69 Å². The highest BCUT2D eigenvalue weighted by Gasteiger charge is 2.04. The van der Waals surface area contributed by atoms with E-state index in [2.05, 4.69) is 42.4 Å². The minimum atomic E-state index is -0.0175. The van der Waals surface area contributed by atoms with E-state index in [9.17, 15) is 0 Å². The van der Waals surface area contributed by atoms with Gasteiger partial charge in [0.25, 0.3) is 0 Å². The van der Waals surface area contributed by atoms with Gasteiger partial charge in [0.2, 0.25) is 0 Å². The first-order chi connectivity index (χ1) is 11.1. The highest BCUT2D eigenvalue weighted by molar-refractivity contribution is 5.85. The Morgan fingerprint density at radius 2 is 1.74 bits per heavy atom. The molecular formula is C19H25N3O. The number of anilines is 1. The van der Waals surface area contributed by atoms with Crippen molar-refractivity contribution in [3.8, 4) is 5.75 Å². The molecule has 3 N–H and O–H groups in total. The standard InChI is InChI=1S/C19H25N3O/c1-14-8-7-9-15(2)19(14)22-13-18(20)21-12-16(3)23-17-10-5-4-6-11-17/h4-11,16,22H,12-13H2,1-3H3,(H2,20,21). The lowest BCUT2D eigenvalue weighted by atomic mass is 10.1. The van der Waals surface area contributed by atoms with Crippen molar-refractivity contribution in [3.05, 3.63) is 59.7 Å². The fourth-order valence-electron chi connectivity index (χ4n) is 2.34. The maximum absolute atomic E-state index is 6.00. The molecule has 0 spiro atoms. The summed E-state index contributed by atoms with van der Waals surface area (Å²) in [5, 5.41) is 3.36. The van der Waals surface area contributed by atoms with Gasteiger partial charge in [-0.15, -0.1) is 0 Å². The van der Waals surface area contributed by atoms with E-state index in [0.717, 1.165) is 11.4 Å². The molecule has 0 amide bonds. The average Bonchev–Trinajstić information content (AvgIpc) is 2.53. The second kappa shape index (κ2) is 8.22. The minimum Gasteiger partial charge on any atom is -0.489 e. The number of rotatable bonds is 7. The van der Waals surface area contributed by atoms with Gasteiger partial charge in [-0.2, -0.15) is 0 Å². The summed E-state index contributed by atoms with van der Waals surface area (Å²) in [6.45, 7) is 7.22. The summed E-state index contributed by atoms with van der Waals surface area (Å²) in [7, 11) is 0. The van der Waals surface area contributed by atoms with Crippen molar-refractivity contribution >= 4 is 11.5 Å². The summed E-state index contributed by atoms with van der Waals surface area (Å²) in [6, 6.07) is 16.0. The van der Waals surface area contributed by atoms with Gasteiger partial charge in [-0.3, -0.25) is 4.99 Å². The van der Waals surface area contributed by atoms with Gasteiger partial charge in [0.05, 0.1) is 13.1 Å². The van der Waals surface area contributed by atoms with Crippen molar-refractivity contribution in [1.82, 2.24) is 0 Å². The molecule has 2 aromatic rings. The van der Waals surface area contributed by atoms with Crippen molar-refractivity contribution in [2.45, 2.75) is 26.9 Å². The number of hydrogen-bond donors (Lipinski definition) is 2. The van der Waals surface area contributed by atoms with Crippen molar-refractivity contribution < 1.29 is 4.74 Å². The van der Waals surface area contributed by atoms with E-state index >= 15 is 0 Å². The molecule has 2 rings (SSSR count). The molecule has 1 unspecified atom stereocenters. The van der Waals surface area contributed by atoms with E-state index in [1.807, 2.05) is 37.3 Å². The highest BCUT2D eigenvalue weighted by atomic mass is 16.5. The van der Waals surface area contributed by atoms with Gasteiger partial charge >= 0.3 is 0 Å². The van der Waals surface area contributed by atoms with Crippen molar-refractivity contribution in [2.75, 3.05) is 18.4 Å². The topological polar surface area (TPSA) is 59.6 Å². The Morgan fingerprint density at radius 1 is 1.09 bits per heavy atom. The number of nitrogens with zero attached hydrogens (tertiary/aromatic N) is 1. The third kappa shape index (κ3) is 5.33. The smallest absolute Gasteiger partial charge is 0.119 e. The minimum absolute atomic E-state index is 0.0175. The van der Waals surface area contributed by atoms with Gasteiger partial charge in [0.1, 0.15) is 17.7 Å². The van der Waals surface area contributed by atoms with Crippen LogP contribution in [-0.2, 0) is 0 Å². The number of nitrogens with two attached hydrogens (primary N) is 1. The third-order valence-electron chi connectivity index (χ3n) is 3.56. The molecule has 0 aliphatic rings. The van der Waals surface area contributed by atoms with E-state index in [0.29, 0.717) is 18.9 Å². The van der Waals surface area contributed by atoms with Crippen molar-refractivity contribution in [2.24, 2.45) is 10.7 Å². The summed E-state index contributed by atoms with van der Waals surface area (Å²) in [5.41, 5.74) is 9.53. The van der Waals surface area contributed by atoms with Crippen molar-refractivity contribution in [1.29, 1.82) is 0 Å².